The molecule has 0 spiro atoms. The normalized spacial score (nSPS) is 15.8. The van der Waals surface area contributed by atoms with E-state index in [1.165, 1.54) is 22.6 Å². The zero-order valence-corrected chi connectivity index (χ0v) is 11.8. The maximum absolute atomic E-state index is 13.3. The van der Waals surface area contributed by atoms with Crippen LogP contribution in [0.2, 0.25) is 0 Å². The van der Waals surface area contributed by atoms with Crippen LogP contribution in [0.3, 0.4) is 0 Å². The number of unbranched alkanes of at least 4 members (excludes halogenated alkanes) is 2. The first-order valence-corrected chi connectivity index (χ1v) is 6.66. The molecule has 0 bridgehead atoms. The zero-order valence-electron chi connectivity index (χ0n) is 9.64. The highest BCUT2D eigenvalue weighted by Crippen LogP contribution is 2.50. The van der Waals surface area contributed by atoms with Gasteiger partial charge in [0.15, 0.2) is 0 Å². The average molecular weight is 394 g/mol. The molecule has 18 heavy (non-hydrogen) atoms. The number of rotatable bonds is 6. The van der Waals surface area contributed by atoms with Crippen LogP contribution >= 0.6 is 22.6 Å². The Kier molecular flexibility index (Phi) is 6.69. The maximum Gasteiger partial charge on any atom is 0.431 e. The number of alkyl halides is 8. The van der Waals surface area contributed by atoms with E-state index >= 15 is 0 Å². The Balaban J connectivity index is 4.73. The molecule has 0 N–H and O–H groups in total. The highest BCUT2D eigenvalue weighted by atomic mass is 127. The van der Waals surface area contributed by atoms with Gasteiger partial charge >= 0.3 is 12.4 Å². The quantitative estimate of drug-likeness (QED) is 0.238. The first-order chi connectivity index (χ1) is 7.95. The number of hydrogen-bond acceptors (Lipinski definition) is 0. The lowest BCUT2D eigenvalue weighted by Crippen LogP contribution is -2.54. The van der Waals surface area contributed by atoms with Crippen LogP contribution in [0.4, 0.5) is 30.7 Å². The topological polar surface area (TPSA) is 0 Å². The fourth-order valence-corrected chi connectivity index (χ4v) is 2.46. The van der Waals surface area contributed by atoms with Gasteiger partial charge in [0, 0.05) is 10.3 Å². The maximum atomic E-state index is 13.3. The summed E-state index contributed by atoms with van der Waals surface area (Å²) in [5, 5.41) is 0. The van der Waals surface area contributed by atoms with Crippen molar-refractivity contribution in [1.82, 2.24) is 0 Å². The molecule has 0 nitrogen and oxygen atoms in total. The van der Waals surface area contributed by atoms with E-state index < -0.39 is 28.4 Å². The Labute approximate surface area is 114 Å². The fraction of sp³-hybridized carbons (Fsp3) is 1.00. The second-order valence-corrected chi connectivity index (χ2v) is 5.86. The molecule has 0 amide bonds. The molecule has 0 aliphatic rings. The molecule has 0 unspecified atom stereocenters. The van der Waals surface area contributed by atoms with Gasteiger partial charge in [-0.3, -0.25) is 0 Å². The van der Waals surface area contributed by atoms with Crippen LogP contribution in [-0.2, 0) is 0 Å². The molecule has 0 fully saturated rings. The summed E-state index contributed by atoms with van der Waals surface area (Å²) in [5.41, 5.74) is -5.11. The van der Waals surface area contributed by atoms with Crippen LogP contribution in [-0.4, -0.2) is 21.9 Å². The van der Waals surface area contributed by atoms with Crippen LogP contribution in [0.1, 0.15) is 39.0 Å². The largest absolute Gasteiger partial charge is 0.431 e. The van der Waals surface area contributed by atoms with Crippen molar-refractivity contribution in [2.45, 2.75) is 61.0 Å². The Morgan fingerprint density at radius 2 is 1.33 bits per heavy atom. The van der Waals surface area contributed by atoms with Crippen LogP contribution in [0, 0.1) is 0 Å². The van der Waals surface area contributed by atoms with E-state index in [2.05, 4.69) is 0 Å². The second kappa shape index (κ2) is 6.60. The molecule has 0 rings (SSSR count). The van der Waals surface area contributed by atoms with Crippen LogP contribution in [0.15, 0.2) is 0 Å². The van der Waals surface area contributed by atoms with Gasteiger partial charge in [-0.05, 0) is 6.42 Å². The molecular weight excluding hydrogens is 380 g/mol. The molecule has 8 heteroatoms. The molecular formula is C10H14F7I. The van der Waals surface area contributed by atoms with Crippen LogP contribution in [0.25, 0.3) is 0 Å². The summed E-state index contributed by atoms with van der Waals surface area (Å²) in [7, 11) is 0. The first-order valence-electron chi connectivity index (χ1n) is 5.42. The summed E-state index contributed by atoms with van der Waals surface area (Å²) in [5.74, 6) is 0. The summed E-state index contributed by atoms with van der Waals surface area (Å²) in [6, 6.07) is 0. The Morgan fingerprint density at radius 3 is 1.67 bits per heavy atom. The Morgan fingerprint density at radius 1 is 0.889 bits per heavy atom. The molecule has 1 atom stereocenters. The molecule has 0 aliphatic heterocycles. The molecule has 0 radical (unpaired) electrons. The average Bonchev–Trinajstić information content (AvgIpc) is 2.14. The van der Waals surface area contributed by atoms with Crippen molar-refractivity contribution in [3.8, 4) is 0 Å². The van der Waals surface area contributed by atoms with Gasteiger partial charge in [-0.1, -0.05) is 48.8 Å². The van der Waals surface area contributed by atoms with E-state index in [0.29, 0.717) is 12.8 Å². The van der Waals surface area contributed by atoms with E-state index in [-0.39, 0.29) is 6.42 Å². The van der Waals surface area contributed by atoms with Gasteiger partial charge in [-0.15, -0.1) is 0 Å². The lowest BCUT2D eigenvalue weighted by atomic mass is 9.96. The van der Waals surface area contributed by atoms with Gasteiger partial charge in [0.1, 0.15) is 0 Å². The van der Waals surface area contributed by atoms with Crippen LogP contribution in [0.5, 0.6) is 0 Å². The molecule has 0 aromatic rings. The van der Waals surface area contributed by atoms with Crippen molar-refractivity contribution in [3.63, 3.8) is 0 Å². The Bertz CT molecular complexity index is 232. The summed E-state index contributed by atoms with van der Waals surface area (Å²) in [6.45, 7) is 1.85. The predicted octanol–water partition coefficient (Wildman–Crippen LogP) is 5.59. The van der Waals surface area contributed by atoms with E-state index in [4.69, 9.17) is 0 Å². The molecule has 110 valence electrons. The van der Waals surface area contributed by atoms with Crippen molar-refractivity contribution in [3.05, 3.63) is 0 Å². The first kappa shape index (κ1) is 18.2. The predicted molar refractivity (Wildman–Crippen MR) is 62.5 cm³/mol. The van der Waals surface area contributed by atoms with Gasteiger partial charge in [0.2, 0.25) is 0 Å². The van der Waals surface area contributed by atoms with Crippen molar-refractivity contribution in [2.24, 2.45) is 0 Å². The van der Waals surface area contributed by atoms with E-state index in [1.54, 1.807) is 0 Å². The lowest BCUT2D eigenvalue weighted by molar-refractivity contribution is -0.342. The second-order valence-electron chi connectivity index (χ2n) is 4.09. The zero-order chi connectivity index (χ0) is 14.6. The summed E-state index contributed by atoms with van der Waals surface area (Å²) in [4.78, 5) is 0. The van der Waals surface area contributed by atoms with Gasteiger partial charge < -0.3 is 0 Å². The highest BCUT2D eigenvalue weighted by molar-refractivity contribution is 14.1. The third kappa shape index (κ3) is 4.73. The Hall–Kier alpha value is 0.240. The van der Waals surface area contributed by atoms with E-state index in [0.717, 1.165) is 6.42 Å². The van der Waals surface area contributed by atoms with Gasteiger partial charge in [0.05, 0.1) is 0 Å². The molecule has 0 saturated carbocycles. The third-order valence-corrected chi connectivity index (χ3v) is 3.59. The number of halogens is 8. The lowest BCUT2D eigenvalue weighted by Gasteiger charge is -2.31. The summed E-state index contributed by atoms with van der Waals surface area (Å²) >= 11 is 1.45. The fourth-order valence-electron chi connectivity index (χ4n) is 1.42. The van der Waals surface area contributed by atoms with Crippen molar-refractivity contribution in [1.29, 1.82) is 0 Å². The molecule has 0 saturated heterocycles. The van der Waals surface area contributed by atoms with E-state index in [9.17, 15) is 30.7 Å². The monoisotopic (exact) mass is 394 g/mol. The van der Waals surface area contributed by atoms with Crippen LogP contribution < -0.4 is 0 Å². The van der Waals surface area contributed by atoms with Gasteiger partial charge in [-0.25, -0.2) is 4.39 Å². The van der Waals surface area contributed by atoms with Crippen molar-refractivity contribution >= 4 is 22.6 Å². The SMILES string of the molecule is CCCCC[C@@H](I)CC(F)(C(F)(F)F)C(F)(F)F. The van der Waals surface area contributed by atoms with Crippen molar-refractivity contribution < 1.29 is 30.7 Å². The van der Waals surface area contributed by atoms with Gasteiger partial charge in [0.25, 0.3) is 5.67 Å². The molecule has 0 aromatic carbocycles. The highest BCUT2D eigenvalue weighted by Gasteiger charge is 2.72. The summed E-state index contributed by atoms with van der Waals surface area (Å²) < 4.78 is 85.8. The molecule has 0 aliphatic carbocycles. The van der Waals surface area contributed by atoms with Gasteiger partial charge in [-0.2, -0.15) is 26.3 Å². The standard InChI is InChI=1S/C10H14F7I/c1-2-3-4-5-7(18)6-8(11,9(12,13)14)10(15,16)17/h7H,2-6H2,1H3/t7-/m1/s1. The minimum absolute atomic E-state index is 0.145. The molecule has 0 aromatic heterocycles. The minimum Gasteiger partial charge on any atom is -0.224 e. The number of hydrogen-bond donors (Lipinski definition) is 0. The smallest absolute Gasteiger partial charge is 0.224 e. The van der Waals surface area contributed by atoms with Crippen molar-refractivity contribution in [2.75, 3.05) is 0 Å². The van der Waals surface area contributed by atoms with E-state index in [1.807, 2.05) is 6.92 Å². The third-order valence-electron chi connectivity index (χ3n) is 2.52. The minimum atomic E-state index is -5.93. The molecule has 0 heterocycles. The summed E-state index contributed by atoms with van der Waals surface area (Å²) in [6.07, 6.45) is -11.3.